The molecule has 0 saturated carbocycles. The molecule has 0 aromatic carbocycles. The molecule has 1 aliphatic rings. The van der Waals surface area contributed by atoms with Crippen molar-refractivity contribution in [3.05, 3.63) is 12.2 Å². The highest BCUT2D eigenvalue weighted by Crippen LogP contribution is 2.17. The molecule has 0 aromatic heterocycles. The molecule has 0 spiro atoms. The van der Waals surface area contributed by atoms with Gasteiger partial charge in [0.05, 0.1) is 0 Å². The molecule has 0 fully saturated rings. The van der Waals surface area contributed by atoms with E-state index in [1.165, 1.54) is 0 Å². The smallest absolute Gasteiger partial charge is 0.332 e. The van der Waals surface area contributed by atoms with E-state index in [9.17, 15) is 9.59 Å². The molecule has 1 amide bonds. The molecule has 84 valence electrons. The van der Waals surface area contributed by atoms with Crippen molar-refractivity contribution < 1.29 is 19.8 Å². The summed E-state index contributed by atoms with van der Waals surface area (Å²) < 4.78 is 0. The summed E-state index contributed by atoms with van der Waals surface area (Å²) in [6.45, 7) is 0.197. The van der Waals surface area contributed by atoms with E-state index in [1.54, 1.807) is 0 Å². The summed E-state index contributed by atoms with van der Waals surface area (Å²) in [6, 6.07) is 0. The zero-order valence-electron chi connectivity index (χ0n) is 8.35. The molecule has 0 bridgehead atoms. The average molecular weight is 213 g/mol. The molecule has 0 aliphatic heterocycles. The Kier molecular flexibility index (Phi) is 4.30. The fourth-order valence-electron chi connectivity index (χ4n) is 1.43. The van der Waals surface area contributed by atoms with Crippen LogP contribution in [0.2, 0.25) is 0 Å². The summed E-state index contributed by atoms with van der Waals surface area (Å²) in [5.41, 5.74) is 0. The zero-order valence-corrected chi connectivity index (χ0v) is 8.35. The molecule has 0 radical (unpaired) electrons. The second-order valence-electron chi connectivity index (χ2n) is 3.57. The lowest BCUT2D eigenvalue weighted by atomic mass is 10.1. The van der Waals surface area contributed by atoms with Crippen LogP contribution in [0.3, 0.4) is 0 Å². The van der Waals surface area contributed by atoms with Crippen molar-refractivity contribution >= 4 is 11.9 Å². The van der Waals surface area contributed by atoms with Gasteiger partial charge in [0.25, 0.3) is 0 Å². The first-order valence-electron chi connectivity index (χ1n) is 4.95. The first kappa shape index (κ1) is 11.7. The molecular weight excluding hydrogens is 198 g/mol. The van der Waals surface area contributed by atoms with Crippen LogP contribution in [0.5, 0.6) is 0 Å². The van der Waals surface area contributed by atoms with E-state index < -0.39 is 12.1 Å². The van der Waals surface area contributed by atoms with Crippen LogP contribution in [0.1, 0.15) is 19.3 Å². The van der Waals surface area contributed by atoms with Crippen LogP contribution in [-0.2, 0) is 9.59 Å². The van der Waals surface area contributed by atoms with E-state index in [0.29, 0.717) is 0 Å². The minimum Gasteiger partial charge on any atom is -0.479 e. The Balaban J connectivity index is 2.14. The van der Waals surface area contributed by atoms with Gasteiger partial charge in [0.2, 0.25) is 5.91 Å². The minimum atomic E-state index is -1.40. The number of carboxylic acid groups (broad SMARTS) is 1. The largest absolute Gasteiger partial charge is 0.479 e. The minimum absolute atomic E-state index is 0.0213. The molecular formula is C10H15NO4. The van der Waals surface area contributed by atoms with Crippen molar-refractivity contribution in [2.45, 2.75) is 25.4 Å². The normalized spacial score (nSPS) is 17.7. The summed E-state index contributed by atoms with van der Waals surface area (Å²) in [5, 5.41) is 19.9. The molecule has 5 heteroatoms. The Bertz CT molecular complexity index is 267. The van der Waals surface area contributed by atoms with E-state index in [-0.39, 0.29) is 24.8 Å². The predicted molar refractivity (Wildman–Crippen MR) is 53.1 cm³/mol. The first-order valence-corrected chi connectivity index (χ1v) is 4.95. The van der Waals surface area contributed by atoms with Crippen LogP contribution in [0.15, 0.2) is 12.2 Å². The fourth-order valence-corrected chi connectivity index (χ4v) is 1.43. The van der Waals surface area contributed by atoms with Gasteiger partial charge in [0.1, 0.15) is 0 Å². The number of nitrogens with one attached hydrogen (secondary N) is 1. The van der Waals surface area contributed by atoms with Gasteiger partial charge in [-0.2, -0.15) is 0 Å². The maximum Gasteiger partial charge on any atom is 0.332 e. The number of amides is 1. The maximum atomic E-state index is 11.4. The number of rotatable bonds is 5. The summed E-state index contributed by atoms with van der Waals surface area (Å²) in [5.74, 6) is -1.35. The third kappa shape index (κ3) is 3.71. The van der Waals surface area contributed by atoms with Crippen molar-refractivity contribution in [2.75, 3.05) is 6.54 Å². The second kappa shape index (κ2) is 5.50. The van der Waals surface area contributed by atoms with Crippen molar-refractivity contribution in [2.24, 2.45) is 5.92 Å². The van der Waals surface area contributed by atoms with E-state index in [4.69, 9.17) is 10.2 Å². The molecule has 1 atom stereocenters. The SMILES string of the molecule is O=C(NCC[C@H](O)C(=O)O)C1CC=CC1. The van der Waals surface area contributed by atoms with E-state index >= 15 is 0 Å². The Labute approximate surface area is 87.8 Å². The highest BCUT2D eigenvalue weighted by molar-refractivity contribution is 5.79. The first-order chi connectivity index (χ1) is 7.11. The number of hydrogen-bond acceptors (Lipinski definition) is 3. The Hall–Kier alpha value is -1.36. The van der Waals surface area contributed by atoms with Crippen LogP contribution >= 0.6 is 0 Å². The number of aliphatic hydroxyl groups is 1. The van der Waals surface area contributed by atoms with Gasteiger partial charge in [-0.1, -0.05) is 12.2 Å². The Morgan fingerprint density at radius 1 is 1.40 bits per heavy atom. The topological polar surface area (TPSA) is 86.6 Å². The van der Waals surface area contributed by atoms with Crippen molar-refractivity contribution in [1.82, 2.24) is 5.32 Å². The maximum absolute atomic E-state index is 11.4. The molecule has 1 rings (SSSR count). The molecule has 15 heavy (non-hydrogen) atoms. The third-order valence-electron chi connectivity index (χ3n) is 2.38. The summed E-state index contributed by atoms with van der Waals surface area (Å²) in [6.07, 6.45) is 4.04. The van der Waals surface area contributed by atoms with Crippen molar-refractivity contribution in [3.8, 4) is 0 Å². The number of allylic oxidation sites excluding steroid dienone is 2. The number of hydrogen-bond donors (Lipinski definition) is 3. The molecule has 5 nitrogen and oxygen atoms in total. The van der Waals surface area contributed by atoms with Gasteiger partial charge < -0.3 is 15.5 Å². The van der Waals surface area contributed by atoms with Crippen molar-refractivity contribution in [1.29, 1.82) is 0 Å². The number of aliphatic carboxylic acids is 1. The number of carbonyl (C=O) groups excluding carboxylic acids is 1. The van der Waals surface area contributed by atoms with Crippen LogP contribution < -0.4 is 5.32 Å². The Morgan fingerprint density at radius 2 is 2.00 bits per heavy atom. The van der Waals surface area contributed by atoms with E-state index in [1.807, 2.05) is 12.2 Å². The van der Waals surface area contributed by atoms with Crippen LogP contribution in [-0.4, -0.2) is 34.7 Å². The lowest BCUT2D eigenvalue weighted by molar-refractivity contribution is -0.147. The van der Waals surface area contributed by atoms with E-state index in [0.717, 1.165) is 12.8 Å². The fraction of sp³-hybridized carbons (Fsp3) is 0.600. The van der Waals surface area contributed by atoms with Gasteiger partial charge in [-0.15, -0.1) is 0 Å². The van der Waals surface area contributed by atoms with E-state index in [2.05, 4.69) is 5.32 Å². The van der Waals surface area contributed by atoms with Gasteiger partial charge in [0, 0.05) is 18.9 Å². The highest BCUT2D eigenvalue weighted by atomic mass is 16.4. The van der Waals surface area contributed by atoms with Crippen molar-refractivity contribution in [3.63, 3.8) is 0 Å². The van der Waals surface area contributed by atoms with Gasteiger partial charge in [-0.05, 0) is 12.8 Å². The summed E-state index contributed by atoms with van der Waals surface area (Å²) in [4.78, 5) is 21.7. The molecule has 0 unspecified atom stereocenters. The van der Waals surface area contributed by atoms with Gasteiger partial charge in [0.15, 0.2) is 6.10 Å². The number of carbonyl (C=O) groups is 2. The van der Waals surface area contributed by atoms with Gasteiger partial charge >= 0.3 is 5.97 Å². The van der Waals surface area contributed by atoms with Crippen LogP contribution in [0.25, 0.3) is 0 Å². The number of aliphatic hydroxyl groups excluding tert-OH is 1. The van der Waals surface area contributed by atoms with Crippen LogP contribution in [0.4, 0.5) is 0 Å². The van der Waals surface area contributed by atoms with Gasteiger partial charge in [-0.3, -0.25) is 4.79 Å². The molecule has 1 aliphatic carbocycles. The molecule has 0 heterocycles. The predicted octanol–water partition coefficient (Wildman–Crippen LogP) is -0.0956. The lowest BCUT2D eigenvalue weighted by Gasteiger charge is -2.11. The lowest BCUT2D eigenvalue weighted by Crippen LogP contribution is -2.33. The monoisotopic (exact) mass is 213 g/mol. The zero-order chi connectivity index (χ0) is 11.3. The van der Waals surface area contributed by atoms with Crippen LogP contribution in [0, 0.1) is 5.92 Å². The third-order valence-corrected chi connectivity index (χ3v) is 2.38. The molecule has 3 N–H and O–H groups in total. The summed E-state index contributed by atoms with van der Waals surface area (Å²) in [7, 11) is 0. The Morgan fingerprint density at radius 3 is 2.53 bits per heavy atom. The summed E-state index contributed by atoms with van der Waals surface area (Å²) >= 11 is 0. The second-order valence-corrected chi connectivity index (χ2v) is 3.57. The number of carboxylic acids is 1. The molecule has 0 aromatic rings. The molecule has 0 saturated heterocycles. The quantitative estimate of drug-likeness (QED) is 0.557. The standard InChI is InChI=1S/C10H15NO4/c12-8(10(14)15)5-6-11-9(13)7-3-1-2-4-7/h1-2,7-8,12H,3-6H2,(H,11,13)(H,14,15)/t8-/m0/s1. The average Bonchev–Trinajstić information content (AvgIpc) is 2.70. The van der Waals surface area contributed by atoms with Gasteiger partial charge in [-0.25, -0.2) is 4.79 Å². The highest BCUT2D eigenvalue weighted by Gasteiger charge is 2.19.